The minimum Gasteiger partial charge on any atom is -0.350 e. The Kier molecular flexibility index (Phi) is 7.21. The Hall–Kier alpha value is -1.88. The van der Waals surface area contributed by atoms with Crippen LogP contribution in [0, 0.1) is 0 Å². The zero-order valence-corrected chi connectivity index (χ0v) is 16.6. The lowest BCUT2D eigenvalue weighted by Gasteiger charge is -2.36. The molecule has 144 valence electrons. The first-order valence-corrected chi connectivity index (χ1v) is 9.67. The van der Waals surface area contributed by atoms with Crippen molar-refractivity contribution >= 4 is 11.8 Å². The Balaban J connectivity index is 1.89. The number of nitrogens with one attached hydrogen (secondary N) is 1. The average molecular weight is 360 g/mol. The van der Waals surface area contributed by atoms with Gasteiger partial charge in [-0.25, -0.2) is 0 Å². The molecule has 5 nitrogen and oxygen atoms in total. The van der Waals surface area contributed by atoms with Gasteiger partial charge in [-0.15, -0.1) is 0 Å². The minimum absolute atomic E-state index is 0.0467. The van der Waals surface area contributed by atoms with Crippen LogP contribution in [0.5, 0.6) is 0 Å². The molecule has 1 heterocycles. The molecule has 0 aliphatic carbocycles. The highest BCUT2D eigenvalue weighted by Crippen LogP contribution is 2.24. The molecule has 1 N–H and O–H groups in total. The molecule has 0 saturated carbocycles. The van der Waals surface area contributed by atoms with E-state index in [1.807, 2.05) is 56.0 Å². The molecular formula is C21H33N3O2. The molecule has 1 aromatic carbocycles. The highest BCUT2D eigenvalue weighted by atomic mass is 16.2. The monoisotopic (exact) mass is 359 g/mol. The van der Waals surface area contributed by atoms with Crippen LogP contribution in [0.3, 0.4) is 0 Å². The maximum absolute atomic E-state index is 13.0. The van der Waals surface area contributed by atoms with E-state index < -0.39 is 0 Å². The first-order valence-electron chi connectivity index (χ1n) is 9.67. The molecule has 0 aromatic heterocycles. The molecule has 2 rings (SSSR count). The molecule has 1 aliphatic rings. The van der Waals surface area contributed by atoms with Crippen molar-refractivity contribution < 1.29 is 9.59 Å². The fraction of sp³-hybridized carbons (Fsp3) is 0.619. The third kappa shape index (κ3) is 6.13. The van der Waals surface area contributed by atoms with Crippen molar-refractivity contribution in [1.82, 2.24) is 15.1 Å². The second kappa shape index (κ2) is 9.17. The fourth-order valence-electron chi connectivity index (χ4n) is 3.41. The summed E-state index contributed by atoms with van der Waals surface area (Å²) in [5.74, 6) is 0.208. The van der Waals surface area contributed by atoms with Crippen molar-refractivity contribution in [2.75, 3.05) is 32.7 Å². The molecule has 1 aliphatic heterocycles. The van der Waals surface area contributed by atoms with Gasteiger partial charge < -0.3 is 10.2 Å². The summed E-state index contributed by atoms with van der Waals surface area (Å²) in [5, 5.41) is 3.00. The lowest BCUT2D eigenvalue weighted by Crippen LogP contribution is -2.53. The molecule has 0 radical (unpaired) electrons. The largest absolute Gasteiger partial charge is 0.350 e. The summed E-state index contributed by atoms with van der Waals surface area (Å²) in [6, 6.07) is 10.1. The van der Waals surface area contributed by atoms with Crippen LogP contribution in [0.25, 0.3) is 0 Å². The Morgan fingerprint density at radius 2 is 1.69 bits per heavy atom. The third-order valence-corrected chi connectivity index (χ3v) is 4.64. The number of amides is 2. The molecule has 0 unspecified atom stereocenters. The molecule has 2 amide bonds. The summed E-state index contributed by atoms with van der Waals surface area (Å²) in [6.45, 7) is 11.3. The van der Waals surface area contributed by atoms with Crippen molar-refractivity contribution in [3.63, 3.8) is 0 Å². The van der Waals surface area contributed by atoms with Crippen LogP contribution in [0.15, 0.2) is 30.3 Å². The Labute approximate surface area is 157 Å². The number of nitrogens with zero attached hydrogens (tertiary/aromatic N) is 2. The van der Waals surface area contributed by atoms with E-state index in [0.717, 1.165) is 31.5 Å². The minimum atomic E-state index is -0.210. The van der Waals surface area contributed by atoms with Crippen molar-refractivity contribution in [3.05, 3.63) is 35.9 Å². The van der Waals surface area contributed by atoms with Crippen LogP contribution >= 0.6 is 0 Å². The van der Waals surface area contributed by atoms with Gasteiger partial charge in [0.2, 0.25) is 11.8 Å². The van der Waals surface area contributed by atoms with Gasteiger partial charge in [0.05, 0.1) is 12.5 Å². The van der Waals surface area contributed by atoms with E-state index in [-0.39, 0.29) is 23.3 Å². The van der Waals surface area contributed by atoms with Crippen LogP contribution in [-0.4, -0.2) is 59.9 Å². The molecule has 1 saturated heterocycles. The molecular weight excluding hydrogens is 326 g/mol. The third-order valence-electron chi connectivity index (χ3n) is 4.64. The van der Waals surface area contributed by atoms with E-state index in [1.165, 1.54) is 0 Å². The molecule has 1 aromatic rings. The zero-order valence-electron chi connectivity index (χ0n) is 16.6. The van der Waals surface area contributed by atoms with Gasteiger partial charge in [-0.3, -0.25) is 14.5 Å². The van der Waals surface area contributed by atoms with Crippen LogP contribution in [0.4, 0.5) is 0 Å². The summed E-state index contributed by atoms with van der Waals surface area (Å²) in [6.07, 6.45) is 1.86. The van der Waals surface area contributed by atoms with Gasteiger partial charge in [0, 0.05) is 31.7 Å². The van der Waals surface area contributed by atoms with Gasteiger partial charge in [-0.05, 0) is 32.8 Å². The molecule has 0 spiro atoms. The SMILES string of the molecule is CCC[C@H](C(=O)N1CCN(CC(=O)NC(C)(C)C)CC1)c1ccccc1. The molecule has 1 atom stereocenters. The first-order chi connectivity index (χ1) is 12.3. The lowest BCUT2D eigenvalue weighted by atomic mass is 9.93. The van der Waals surface area contributed by atoms with Gasteiger partial charge in [0.1, 0.15) is 0 Å². The maximum atomic E-state index is 13.0. The van der Waals surface area contributed by atoms with Crippen LogP contribution in [-0.2, 0) is 9.59 Å². The summed E-state index contributed by atoms with van der Waals surface area (Å²) >= 11 is 0. The highest BCUT2D eigenvalue weighted by Gasteiger charge is 2.28. The van der Waals surface area contributed by atoms with Gasteiger partial charge in [-0.2, -0.15) is 0 Å². The number of carbonyl (C=O) groups is 2. The van der Waals surface area contributed by atoms with Crippen molar-refractivity contribution in [1.29, 1.82) is 0 Å². The summed E-state index contributed by atoms with van der Waals surface area (Å²) < 4.78 is 0. The van der Waals surface area contributed by atoms with Gasteiger partial charge >= 0.3 is 0 Å². The van der Waals surface area contributed by atoms with E-state index in [2.05, 4.69) is 17.1 Å². The molecule has 26 heavy (non-hydrogen) atoms. The molecule has 0 bridgehead atoms. The Morgan fingerprint density at radius 1 is 1.08 bits per heavy atom. The van der Waals surface area contributed by atoms with Crippen molar-refractivity contribution in [2.45, 2.75) is 52.0 Å². The predicted octanol–water partition coefficient (Wildman–Crippen LogP) is 2.63. The number of benzene rings is 1. The van der Waals surface area contributed by atoms with E-state index in [9.17, 15) is 9.59 Å². The van der Waals surface area contributed by atoms with Gasteiger partial charge in [-0.1, -0.05) is 43.7 Å². The quantitative estimate of drug-likeness (QED) is 0.849. The van der Waals surface area contributed by atoms with E-state index in [1.54, 1.807) is 0 Å². The Bertz CT molecular complexity index is 587. The van der Waals surface area contributed by atoms with Crippen molar-refractivity contribution in [3.8, 4) is 0 Å². The first kappa shape index (κ1) is 20.4. The summed E-state index contributed by atoms with van der Waals surface area (Å²) in [5.41, 5.74) is 0.893. The molecule has 5 heteroatoms. The number of rotatable bonds is 6. The van der Waals surface area contributed by atoms with E-state index in [4.69, 9.17) is 0 Å². The van der Waals surface area contributed by atoms with Crippen LogP contribution in [0.2, 0.25) is 0 Å². The van der Waals surface area contributed by atoms with E-state index >= 15 is 0 Å². The number of hydrogen-bond donors (Lipinski definition) is 1. The Morgan fingerprint density at radius 3 is 2.23 bits per heavy atom. The second-order valence-electron chi connectivity index (χ2n) is 8.15. The maximum Gasteiger partial charge on any atom is 0.234 e. The zero-order chi connectivity index (χ0) is 19.2. The topological polar surface area (TPSA) is 52.7 Å². The molecule has 1 fully saturated rings. The summed E-state index contributed by atoms with van der Waals surface area (Å²) in [7, 11) is 0. The fourth-order valence-corrected chi connectivity index (χ4v) is 3.41. The summed E-state index contributed by atoms with van der Waals surface area (Å²) in [4.78, 5) is 29.2. The van der Waals surface area contributed by atoms with Crippen LogP contribution < -0.4 is 5.32 Å². The van der Waals surface area contributed by atoms with Crippen molar-refractivity contribution in [2.24, 2.45) is 0 Å². The standard InChI is InChI=1S/C21H33N3O2/c1-5-9-18(17-10-7-6-8-11-17)20(26)24-14-12-23(13-15-24)16-19(25)22-21(2,3)4/h6-8,10-11,18H,5,9,12-16H2,1-4H3,(H,22,25)/t18-/m0/s1. The average Bonchev–Trinajstić information content (AvgIpc) is 2.59. The lowest BCUT2D eigenvalue weighted by molar-refractivity contribution is -0.135. The smallest absolute Gasteiger partial charge is 0.234 e. The van der Waals surface area contributed by atoms with Crippen LogP contribution in [0.1, 0.15) is 52.0 Å². The van der Waals surface area contributed by atoms with Gasteiger partial charge in [0.25, 0.3) is 0 Å². The van der Waals surface area contributed by atoms with E-state index in [0.29, 0.717) is 19.6 Å². The number of hydrogen-bond acceptors (Lipinski definition) is 3. The highest BCUT2D eigenvalue weighted by molar-refractivity contribution is 5.84. The normalized spacial score (nSPS) is 17.0. The number of carbonyl (C=O) groups excluding carboxylic acids is 2. The second-order valence-corrected chi connectivity index (χ2v) is 8.15. The predicted molar refractivity (Wildman–Crippen MR) is 105 cm³/mol. The number of piperazine rings is 1. The van der Waals surface area contributed by atoms with Gasteiger partial charge in [0.15, 0.2) is 0 Å².